The molecule has 20 heavy (non-hydrogen) atoms. The van der Waals surface area contributed by atoms with Crippen molar-refractivity contribution in [2.24, 2.45) is 0 Å². The summed E-state index contributed by atoms with van der Waals surface area (Å²) in [4.78, 5) is 0. The summed E-state index contributed by atoms with van der Waals surface area (Å²) in [6.07, 6.45) is 3.37. The molecule has 0 saturated carbocycles. The molecule has 0 bridgehead atoms. The van der Waals surface area contributed by atoms with Crippen LogP contribution in [0.2, 0.25) is 0 Å². The molecule has 112 valence electrons. The highest BCUT2D eigenvalue weighted by atomic mass is 19.2. The van der Waals surface area contributed by atoms with E-state index in [2.05, 4.69) is 5.32 Å². The van der Waals surface area contributed by atoms with E-state index in [1.165, 1.54) is 6.07 Å². The van der Waals surface area contributed by atoms with Gasteiger partial charge in [-0.15, -0.1) is 0 Å². The first-order valence-electron chi connectivity index (χ1n) is 7.09. The molecular weight excluding hydrogens is 264 g/mol. The maximum atomic E-state index is 13.0. The Bertz CT molecular complexity index is 409. The van der Waals surface area contributed by atoms with Crippen LogP contribution in [0.1, 0.15) is 24.8 Å². The van der Waals surface area contributed by atoms with Crippen molar-refractivity contribution in [3.63, 3.8) is 0 Å². The Morgan fingerprint density at radius 1 is 1.30 bits per heavy atom. The molecule has 0 radical (unpaired) electrons. The van der Waals surface area contributed by atoms with Crippen LogP contribution in [0.25, 0.3) is 0 Å². The quantitative estimate of drug-likeness (QED) is 0.745. The van der Waals surface area contributed by atoms with E-state index < -0.39 is 11.6 Å². The zero-order chi connectivity index (χ0) is 14.2. The van der Waals surface area contributed by atoms with E-state index in [9.17, 15) is 8.78 Å². The summed E-state index contributed by atoms with van der Waals surface area (Å²) in [6, 6.07) is 3.95. The van der Waals surface area contributed by atoms with Gasteiger partial charge in [0, 0.05) is 19.8 Å². The van der Waals surface area contributed by atoms with E-state index >= 15 is 0 Å². The number of halogens is 2. The highest BCUT2D eigenvalue weighted by Crippen LogP contribution is 2.12. The maximum absolute atomic E-state index is 13.0. The fourth-order valence-corrected chi connectivity index (χ4v) is 2.17. The lowest BCUT2D eigenvalue weighted by atomic mass is 10.2. The van der Waals surface area contributed by atoms with Gasteiger partial charge in [0.1, 0.15) is 0 Å². The minimum Gasteiger partial charge on any atom is -0.379 e. The molecule has 5 heteroatoms. The van der Waals surface area contributed by atoms with Gasteiger partial charge in [-0.2, -0.15) is 0 Å². The van der Waals surface area contributed by atoms with Gasteiger partial charge in [0.05, 0.1) is 12.7 Å². The molecule has 0 amide bonds. The van der Waals surface area contributed by atoms with Crippen LogP contribution < -0.4 is 5.32 Å². The van der Waals surface area contributed by atoms with Crippen molar-refractivity contribution < 1.29 is 18.3 Å². The minimum absolute atomic E-state index is 0.269. The smallest absolute Gasteiger partial charge is 0.159 e. The topological polar surface area (TPSA) is 30.5 Å². The van der Waals surface area contributed by atoms with Gasteiger partial charge in [-0.3, -0.25) is 0 Å². The van der Waals surface area contributed by atoms with Gasteiger partial charge < -0.3 is 14.8 Å². The molecule has 1 atom stereocenters. The fraction of sp³-hybridized carbons (Fsp3) is 0.600. The van der Waals surface area contributed by atoms with Crippen molar-refractivity contribution in [3.05, 3.63) is 35.4 Å². The summed E-state index contributed by atoms with van der Waals surface area (Å²) >= 11 is 0. The molecule has 0 spiro atoms. The van der Waals surface area contributed by atoms with Gasteiger partial charge >= 0.3 is 0 Å². The van der Waals surface area contributed by atoms with E-state index in [1.54, 1.807) is 6.07 Å². The number of nitrogens with one attached hydrogen (secondary N) is 1. The molecule has 1 aromatic rings. The molecule has 2 rings (SSSR count). The van der Waals surface area contributed by atoms with Gasteiger partial charge in [-0.25, -0.2) is 8.78 Å². The average molecular weight is 285 g/mol. The molecule has 1 saturated heterocycles. The summed E-state index contributed by atoms with van der Waals surface area (Å²) in [5.41, 5.74) is 0.740. The van der Waals surface area contributed by atoms with Crippen LogP contribution in [0.5, 0.6) is 0 Å². The molecule has 3 nitrogen and oxygen atoms in total. The highest BCUT2D eigenvalue weighted by molar-refractivity contribution is 5.17. The van der Waals surface area contributed by atoms with Crippen LogP contribution in [0.4, 0.5) is 8.78 Å². The zero-order valence-corrected chi connectivity index (χ0v) is 11.5. The van der Waals surface area contributed by atoms with E-state index in [4.69, 9.17) is 9.47 Å². The normalized spacial score (nSPS) is 18.6. The highest BCUT2D eigenvalue weighted by Gasteiger charge is 2.14. The van der Waals surface area contributed by atoms with Gasteiger partial charge in [-0.1, -0.05) is 6.07 Å². The molecule has 1 aromatic carbocycles. The predicted molar refractivity (Wildman–Crippen MR) is 72.5 cm³/mol. The number of benzene rings is 1. The Labute approximate surface area is 118 Å². The Morgan fingerprint density at radius 2 is 2.20 bits per heavy atom. The Morgan fingerprint density at radius 3 is 2.95 bits per heavy atom. The molecule has 1 unspecified atom stereocenters. The van der Waals surface area contributed by atoms with Gasteiger partial charge in [0.25, 0.3) is 0 Å². The third kappa shape index (κ3) is 5.15. The lowest BCUT2D eigenvalue weighted by Gasteiger charge is -2.10. The summed E-state index contributed by atoms with van der Waals surface area (Å²) in [5, 5.41) is 3.18. The third-order valence-electron chi connectivity index (χ3n) is 3.28. The van der Waals surface area contributed by atoms with E-state index in [1.807, 2.05) is 0 Å². The van der Waals surface area contributed by atoms with E-state index in [0.29, 0.717) is 19.8 Å². The first-order valence-corrected chi connectivity index (χ1v) is 7.09. The number of hydrogen-bond acceptors (Lipinski definition) is 3. The second-order valence-corrected chi connectivity index (χ2v) is 4.99. The van der Waals surface area contributed by atoms with Gasteiger partial charge in [-0.05, 0) is 43.5 Å². The lowest BCUT2D eigenvalue weighted by Crippen LogP contribution is -2.19. The Kier molecular flexibility index (Phi) is 6.36. The van der Waals surface area contributed by atoms with Crippen molar-refractivity contribution in [2.75, 3.05) is 26.4 Å². The first-order chi connectivity index (χ1) is 9.75. The van der Waals surface area contributed by atoms with Crippen molar-refractivity contribution in [2.45, 2.75) is 31.9 Å². The molecule has 0 aromatic heterocycles. The van der Waals surface area contributed by atoms with Crippen molar-refractivity contribution in [1.29, 1.82) is 0 Å². The van der Waals surface area contributed by atoms with Crippen LogP contribution in [0, 0.1) is 11.6 Å². The maximum Gasteiger partial charge on any atom is 0.159 e. The SMILES string of the molecule is Fc1ccc(CNCCCOCC2CCCO2)cc1F. The number of hydrogen-bond donors (Lipinski definition) is 1. The van der Waals surface area contributed by atoms with Crippen LogP contribution >= 0.6 is 0 Å². The second kappa shape index (κ2) is 8.29. The van der Waals surface area contributed by atoms with Gasteiger partial charge in [0.2, 0.25) is 0 Å². The van der Waals surface area contributed by atoms with E-state index in [-0.39, 0.29) is 6.10 Å². The fourth-order valence-electron chi connectivity index (χ4n) is 2.17. The molecular formula is C15H21F2NO2. The molecule has 1 aliphatic rings. The predicted octanol–water partition coefficient (Wildman–Crippen LogP) is 2.64. The first kappa shape index (κ1) is 15.4. The van der Waals surface area contributed by atoms with E-state index in [0.717, 1.165) is 44.0 Å². The van der Waals surface area contributed by atoms with Crippen molar-refractivity contribution in [3.8, 4) is 0 Å². The summed E-state index contributed by atoms with van der Waals surface area (Å²) < 4.78 is 36.7. The zero-order valence-electron chi connectivity index (χ0n) is 11.5. The Hall–Kier alpha value is -1.04. The van der Waals surface area contributed by atoms with Crippen LogP contribution in [-0.2, 0) is 16.0 Å². The van der Waals surface area contributed by atoms with Crippen molar-refractivity contribution >= 4 is 0 Å². The largest absolute Gasteiger partial charge is 0.379 e. The Balaban J connectivity index is 1.49. The van der Waals surface area contributed by atoms with Crippen molar-refractivity contribution in [1.82, 2.24) is 5.32 Å². The summed E-state index contributed by atoms with van der Waals surface area (Å²) in [6.45, 7) is 3.52. The molecule has 0 aliphatic carbocycles. The second-order valence-electron chi connectivity index (χ2n) is 4.99. The minimum atomic E-state index is -0.809. The molecule has 1 aliphatic heterocycles. The molecule has 1 heterocycles. The number of rotatable bonds is 8. The molecule has 1 N–H and O–H groups in total. The number of ether oxygens (including phenoxy) is 2. The average Bonchev–Trinajstić information content (AvgIpc) is 2.95. The van der Waals surface area contributed by atoms with Crippen LogP contribution in [-0.4, -0.2) is 32.5 Å². The lowest BCUT2D eigenvalue weighted by molar-refractivity contribution is 0.0166. The standard InChI is InChI=1S/C15H21F2NO2/c16-14-5-4-12(9-15(14)17)10-18-6-2-7-19-11-13-3-1-8-20-13/h4-5,9,13,18H,1-3,6-8,10-11H2. The van der Waals surface area contributed by atoms with Gasteiger partial charge in [0.15, 0.2) is 11.6 Å². The summed E-state index contributed by atoms with van der Waals surface area (Å²) in [7, 11) is 0. The third-order valence-corrected chi connectivity index (χ3v) is 3.28. The monoisotopic (exact) mass is 285 g/mol. The summed E-state index contributed by atoms with van der Waals surface area (Å²) in [5.74, 6) is -1.61. The van der Waals surface area contributed by atoms with Crippen LogP contribution in [0.3, 0.4) is 0 Å². The molecule has 1 fully saturated rings. The van der Waals surface area contributed by atoms with Crippen LogP contribution in [0.15, 0.2) is 18.2 Å².